The van der Waals surface area contributed by atoms with Gasteiger partial charge in [-0.1, -0.05) is 12.1 Å². The number of anilines is 2. The van der Waals surface area contributed by atoms with Gasteiger partial charge in [0.1, 0.15) is 18.4 Å². The van der Waals surface area contributed by atoms with Crippen molar-refractivity contribution >= 4 is 28.1 Å². The predicted molar refractivity (Wildman–Crippen MR) is 129 cm³/mol. The fraction of sp³-hybridized carbons (Fsp3) is 0.304. The fourth-order valence-electron chi connectivity index (χ4n) is 3.62. The Kier molecular flexibility index (Phi) is 7.64. The van der Waals surface area contributed by atoms with Crippen LogP contribution in [0.15, 0.2) is 55.0 Å². The molecular weight excluding hydrogens is 390 g/mol. The Hall–Kier alpha value is -3.36. The molecule has 8 heteroatoms. The minimum absolute atomic E-state index is 0. The molecule has 0 aliphatic carbocycles. The summed E-state index contributed by atoms with van der Waals surface area (Å²) in [5.41, 5.74) is 8.86. The zero-order chi connectivity index (χ0) is 20.8. The van der Waals surface area contributed by atoms with Crippen LogP contribution in [0.5, 0.6) is 0 Å². The van der Waals surface area contributed by atoms with Crippen LogP contribution >= 0.6 is 0 Å². The summed E-state index contributed by atoms with van der Waals surface area (Å²) >= 11 is 0. The molecule has 0 amide bonds. The first kappa shape index (κ1) is 22.3. The Labute approximate surface area is 184 Å². The summed E-state index contributed by atoms with van der Waals surface area (Å²) in [6, 6.07) is 12.2. The highest BCUT2D eigenvalue weighted by Gasteiger charge is 2.13. The van der Waals surface area contributed by atoms with Gasteiger partial charge in [0.25, 0.3) is 0 Å². The zero-order valence-corrected chi connectivity index (χ0v) is 18.0. The van der Waals surface area contributed by atoms with Crippen molar-refractivity contribution in [3.05, 3.63) is 66.1 Å². The quantitative estimate of drug-likeness (QED) is 0.319. The Balaban J connectivity index is 0.00000181. The monoisotopic (exact) mass is 423 g/mol. The molecule has 166 valence electrons. The lowest BCUT2D eigenvalue weighted by Crippen LogP contribution is -2.19. The molecule has 8 nitrogen and oxygen atoms in total. The van der Waals surface area contributed by atoms with Crippen LogP contribution in [0.4, 0.5) is 11.6 Å². The van der Waals surface area contributed by atoms with Crippen molar-refractivity contribution in [2.24, 2.45) is 5.73 Å². The highest BCUT2D eigenvalue weighted by molar-refractivity contribution is 5.87. The topological polar surface area (TPSA) is 123 Å². The van der Waals surface area contributed by atoms with E-state index in [4.69, 9.17) is 10.5 Å². The van der Waals surface area contributed by atoms with E-state index in [0.29, 0.717) is 19.0 Å². The van der Waals surface area contributed by atoms with Crippen LogP contribution in [-0.4, -0.2) is 36.8 Å². The molecule has 7 N–H and O–H groups in total. The van der Waals surface area contributed by atoms with E-state index in [1.54, 1.807) is 6.20 Å². The van der Waals surface area contributed by atoms with E-state index in [2.05, 4.69) is 37.6 Å². The van der Waals surface area contributed by atoms with Gasteiger partial charge in [0.05, 0.1) is 12.3 Å². The molecule has 31 heavy (non-hydrogen) atoms. The van der Waals surface area contributed by atoms with E-state index in [9.17, 15) is 0 Å². The average Bonchev–Trinajstić information content (AvgIpc) is 3.32. The summed E-state index contributed by atoms with van der Waals surface area (Å²) in [7, 11) is 1.83. The Morgan fingerprint density at radius 3 is 2.81 bits per heavy atom. The predicted octanol–water partition coefficient (Wildman–Crippen LogP) is 3.70. The minimum Gasteiger partial charge on any atom is -0.397 e. The van der Waals surface area contributed by atoms with Gasteiger partial charge in [-0.05, 0) is 53.6 Å². The van der Waals surface area contributed by atoms with Crippen molar-refractivity contribution in [3.63, 3.8) is 0 Å². The summed E-state index contributed by atoms with van der Waals surface area (Å²) in [5, 5.41) is 8.33. The Morgan fingerprint density at radius 2 is 2.00 bits per heavy atom. The van der Waals surface area contributed by atoms with E-state index in [0.717, 1.165) is 46.6 Å². The summed E-state index contributed by atoms with van der Waals surface area (Å²) in [4.78, 5) is 11.3. The minimum atomic E-state index is 0. The third-order valence-electron chi connectivity index (χ3n) is 5.22. The van der Waals surface area contributed by atoms with Crippen LogP contribution in [0.1, 0.15) is 25.4 Å². The molecule has 0 spiro atoms. The van der Waals surface area contributed by atoms with Gasteiger partial charge in [0, 0.05) is 45.5 Å². The van der Waals surface area contributed by atoms with Crippen molar-refractivity contribution in [2.45, 2.75) is 19.4 Å². The highest BCUT2D eigenvalue weighted by Crippen LogP contribution is 2.21. The van der Waals surface area contributed by atoms with Crippen LogP contribution in [0.3, 0.4) is 0 Å². The lowest BCUT2D eigenvalue weighted by Gasteiger charge is -2.17. The van der Waals surface area contributed by atoms with Gasteiger partial charge in [-0.15, -0.1) is 0 Å². The van der Waals surface area contributed by atoms with Crippen molar-refractivity contribution in [2.75, 3.05) is 37.1 Å². The van der Waals surface area contributed by atoms with Gasteiger partial charge in [-0.2, -0.15) is 0 Å². The molecule has 0 saturated carbocycles. The van der Waals surface area contributed by atoms with Gasteiger partial charge in [0.15, 0.2) is 0 Å². The number of aromatic nitrogens is 2. The van der Waals surface area contributed by atoms with Crippen molar-refractivity contribution in [1.29, 1.82) is 0 Å². The number of hydrogen-bond donors (Lipinski definition) is 4. The first-order chi connectivity index (χ1) is 14.7. The Morgan fingerprint density at radius 1 is 1.16 bits per heavy atom. The standard InChI is InChI=1S/C23H28N6O.H3N.H2/c1-25-14-21(24)18-4-5-19-13-27-22(12-20(19)11-18)28-16-30-15-17-6-7-26-23(10-17)29-8-2-3-9-29;;/h4-7,10-14,25H,2-3,8-9,15-16,24H2,1H3,(H,27,28);1H3;1H/b21-14-;;. The molecule has 1 aliphatic rings. The summed E-state index contributed by atoms with van der Waals surface area (Å²) in [5.74, 6) is 1.81. The number of benzene rings is 1. The van der Waals surface area contributed by atoms with E-state index in [-0.39, 0.29) is 7.58 Å². The number of hydrogen-bond acceptors (Lipinski definition) is 8. The van der Waals surface area contributed by atoms with Gasteiger partial charge in [-0.25, -0.2) is 9.97 Å². The Bertz CT molecular complexity index is 1040. The van der Waals surface area contributed by atoms with Gasteiger partial charge in [-0.3, -0.25) is 0 Å². The van der Waals surface area contributed by atoms with E-state index in [1.165, 1.54) is 12.8 Å². The molecule has 0 radical (unpaired) electrons. The second-order valence-corrected chi connectivity index (χ2v) is 7.41. The average molecular weight is 424 g/mol. The third kappa shape index (κ3) is 5.62. The number of nitrogens with zero attached hydrogens (tertiary/aromatic N) is 3. The normalized spacial score (nSPS) is 13.8. The van der Waals surface area contributed by atoms with Gasteiger partial charge in [0.2, 0.25) is 0 Å². The maximum atomic E-state index is 6.08. The van der Waals surface area contributed by atoms with Crippen LogP contribution in [0.25, 0.3) is 16.5 Å². The summed E-state index contributed by atoms with van der Waals surface area (Å²) < 4.78 is 5.81. The molecule has 1 fully saturated rings. The molecule has 1 aliphatic heterocycles. The molecule has 1 saturated heterocycles. The molecule has 4 rings (SSSR count). The summed E-state index contributed by atoms with van der Waals surface area (Å²) in [6.45, 7) is 3.08. The molecule has 0 bridgehead atoms. The SMILES string of the molecule is CN/C=C(\N)c1ccc2cnc(NCOCc3ccnc(N4CCCC4)c3)cc2c1.N.[HH]. The first-order valence-corrected chi connectivity index (χ1v) is 10.3. The van der Waals surface area contributed by atoms with Crippen molar-refractivity contribution in [1.82, 2.24) is 21.4 Å². The van der Waals surface area contributed by atoms with Crippen LogP contribution < -0.4 is 27.4 Å². The maximum Gasteiger partial charge on any atom is 0.128 e. The molecule has 0 unspecified atom stereocenters. The van der Waals surface area contributed by atoms with Crippen LogP contribution in [0, 0.1) is 0 Å². The molecule has 1 aromatic carbocycles. The van der Waals surface area contributed by atoms with Crippen LogP contribution in [-0.2, 0) is 11.3 Å². The highest BCUT2D eigenvalue weighted by atomic mass is 16.5. The third-order valence-corrected chi connectivity index (χ3v) is 5.22. The molecule has 3 aromatic rings. The number of nitrogens with two attached hydrogens (primary N) is 1. The smallest absolute Gasteiger partial charge is 0.128 e. The molecule has 0 atom stereocenters. The molecule has 2 aromatic heterocycles. The van der Waals surface area contributed by atoms with Gasteiger partial charge < -0.3 is 32.2 Å². The summed E-state index contributed by atoms with van der Waals surface area (Å²) in [6.07, 6.45) is 7.97. The van der Waals surface area contributed by atoms with Crippen molar-refractivity contribution < 1.29 is 6.16 Å². The fourth-order valence-corrected chi connectivity index (χ4v) is 3.62. The number of nitrogens with one attached hydrogen (secondary N) is 2. The number of rotatable bonds is 8. The molecular formula is C23H33N7O. The van der Waals surface area contributed by atoms with E-state index < -0.39 is 0 Å². The van der Waals surface area contributed by atoms with E-state index >= 15 is 0 Å². The maximum absolute atomic E-state index is 6.08. The lowest BCUT2D eigenvalue weighted by atomic mass is 10.1. The second kappa shape index (κ2) is 10.6. The largest absolute Gasteiger partial charge is 0.397 e. The number of ether oxygens (including phenoxy) is 1. The first-order valence-electron chi connectivity index (χ1n) is 10.3. The number of pyridine rings is 2. The number of fused-ring (bicyclic) bond motifs is 1. The van der Waals surface area contributed by atoms with E-state index in [1.807, 2.05) is 43.7 Å². The second-order valence-electron chi connectivity index (χ2n) is 7.41. The lowest BCUT2D eigenvalue weighted by molar-refractivity contribution is 0.138. The zero-order valence-electron chi connectivity index (χ0n) is 18.0. The van der Waals surface area contributed by atoms with Crippen LogP contribution in [0.2, 0.25) is 0 Å². The van der Waals surface area contributed by atoms with Gasteiger partial charge >= 0.3 is 0 Å². The molecule has 3 heterocycles. The van der Waals surface area contributed by atoms with Crippen molar-refractivity contribution in [3.8, 4) is 0 Å².